The molecule has 3 rings (SSSR count). The van der Waals surface area contributed by atoms with Gasteiger partial charge < -0.3 is 10.2 Å². The Kier molecular flexibility index (Phi) is 3.18. The van der Waals surface area contributed by atoms with Crippen molar-refractivity contribution in [2.45, 2.75) is 19.5 Å². The van der Waals surface area contributed by atoms with Crippen molar-refractivity contribution in [2.75, 3.05) is 12.3 Å². The molecule has 0 unspecified atom stereocenters. The first kappa shape index (κ1) is 13.3. The Morgan fingerprint density at radius 1 is 1.52 bits per heavy atom. The summed E-state index contributed by atoms with van der Waals surface area (Å²) in [5, 5.41) is 10.6. The Morgan fingerprint density at radius 3 is 3.05 bits per heavy atom. The van der Waals surface area contributed by atoms with Gasteiger partial charge >= 0.3 is 5.88 Å². The number of hydrogen-bond donors (Lipinski definition) is 2. The maximum atomic E-state index is 11.9. The Morgan fingerprint density at radius 2 is 2.33 bits per heavy atom. The first-order chi connectivity index (χ1) is 10.0. The molecule has 0 fully saturated rings. The van der Waals surface area contributed by atoms with E-state index < -0.39 is 4.92 Å². The lowest BCUT2D eigenvalue weighted by molar-refractivity contribution is -0.402. The van der Waals surface area contributed by atoms with Crippen molar-refractivity contribution in [1.29, 1.82) is 0 Å². The van der Waals surface area contributed by atoms with Crippen LogP contribution in [0.3, 0.4) is 0 Å². The summed E-state index contributed by atoms with van der Waals surface area (Å²) < 4.78 is 5.12. The SMILES string of the molecule is Nc1nc2c(c(=O)[nH]1)CN(Cc1ccc([N+](=O)[O-])o1)CC2. The monoisotopic (exact) mass is 291 g/mol. The van der Waals surface area contributed by atoms with E-state index in [1.54, 1.807) is 6.07 Å². The van der Waals surface area contributed by atoms with Gasteiger partial charge in [0.1, 0.15) is 10.7 Å². The standard InChI is InChI=1S/C12H13N5O4/c13-12-14-9-3-4-16(6-8(9)11(18)15-12)5-7-1-2-10(21-7)17(19)20/h1-2H,3-6H2,(H3,13,14,15,18). The van der Waals surface area contributed by atoms with Gasteiger partial charge in [-0.15, -0.1) is 0 Å². The molecule has 2 aromatic rings. The fraction of sp³-hybridized carbons (Fsp3) is 0.333. The molecular weight excluding hydrogens is 278 g/mol. The number of rotatable bonds is 3. The first-order valence-corrected chi connectivity index (χ1v) is 6.36. The average Bonchev–Trinajstić information content (AvgIpc) is 2.88. The summed E-state index contributed by atoms with van der Waals surface area (Å²) in [6.07, 6.45) is 0.603. The molecule has 0 aliphatic carbocycles. The van der Waals surface area contributed by atoms with Gasteiger partial charge in [0.2, 0.25) is 5.95 Å². The first-order valence-electron chi connectivity index (χ1n) is 6.36. The van der Waals surface area contributed by atoms with Crippen LogP contribution < -0.4 is 11.3 Å². The number of hydrogen-bond acceptors (Lipinski definition) is 7. The smallest absolute Gasteiger partial charge is 0.404 e. The minimum Gasteiger partial charge on any atom is -0.404 e. The van der Waals surface area contributed by atoms with Crippen molar-refractivity contribution in [3.8, 4) is 0 Å². The molecular formula is C12H13N5O4. The zero-order valence-corrected chi connectivity index (χ0v) is 11.0. The zero-order valence-electron chi connectivity index (χ0n) is 11.0. The molecule has 9 heteroatoms. The van der Waals surface area contributed by atoms with Crippen molar-refractivity contribution in [3.05, 3.63) is 49.6 Å². The zero-order chi connectivity index (χ0) is 15.0. The van der Waals surface area contributed by atoms with Gasteiger partial charge in [-0.25, -0.2) is 4.98 Å². The van der Waals surface area contributed by atoms with Crippen molar-refractivity contribution in [3.63, 3.8) is 0 Å². The fourth-order valence-corrected chi connectivity index (χ4v) is 2.41. The predicted octanol–water partition coefficient (Wildman–Crippen LogP) is 0.412. The number of nitrogens with zero attached hydrogens (tertiary/aromatic N) is 3. The molecule has 0 saturated carbocycles. The topological polar surface area (TPSA) is 131 Å². The van der Waals surface area contributed by atoms with Gasteiger partial charge in [0, 0.05) is 19.5 Å². The molecule has 0 saturated heterocycles. The van der Waals surface area contributed by atoms with Crippen LogP contribution in [0.15, 0.2) is 21.3 Å². The van der Waals surface area contributed by atoms with Crippen LogP contribution >= 0.6 is 0 Å². The summed E-state index contributed by atoms with van der Waals surface area (Å²) in [7, 11) is 0. The largest absolute Gasteiger partial charge is 0.433 e. The molecule has 0 aromatic carbocycles. The van der Waals surface area contributed by atoms with Crippen molar-refractivity contribution in [1.82, 2.24) is 14.9 Å². The van der Waals surface area contributed by atoms with Crippen LogP contribution in [0.5, 0.6) is 0 Å². The number of H-pyrrole nitrogens is 1. The summed E-state index contributed by atoms with van der Waals surface area (Å²) in [6.45, 7) is 1.49. The third kappa shape index (κ3) is 2.63. The molecule has 0 bridgehead atoms. The number of nitrogens with one attached hydrogen (secondary N) is 1. The van der Waals surface area contributed by atoms with Gasteiger partial charge in [-0.1, -0.05) is 0 Å². The van der Waals surface area contributed by atoms with Gasteiger partial charge in [-0.2, -0.15) is 0 Å². The average molecular weight is 291 g/mol. The molecule has 0 spiro atoms. The molecule has 21 heavy (non-hydrogen) atoms. The molecule has 2 aromatic heterocycles. The van der Waals surface area contributed by atoms with Crippen LogP contribution in [-0.2, 0) is 19.5 Å². The number of anilines is 1. The maximum Gasteiger partial charge on any atom is 0.433 e. The lowest BCUT2D eigenvalue weighted by Gasteiger charge is -2.26. The van der Waals surface area contributed by atoms with E-state index in [1.807, 2.05) is 4.90 Å². The highest BCUT2D eigenvalue weighted by molar-refractivity contribution is 5.27. The summed E-state index contributed by atoms with van der Waals surface area (Å²) in [4.78, 5) is 30.4. The van der Waals surface area contributed by atoms with Gasteiger partial charge in [0.05, 0.1) is 23.9 Å². The van der Waals surface area contributed by atoms with Gasteiger partial charge in [-0.05, 0) is 6.07 Å². The molecule has 0 atom stereocenters. The number of aromatic nitrogens is 2. The van der Waals surface area contributed by atoms with E-state index in [4.69, 9.17) is 10.2 Å². The van der Waals surface area contributed by atoms with E-state index in [-0.39, 0.29) is 17.4 Å². The van der Waals surface area contributed by atoms with Crippen LogP contribution in [0.4, 0.5) is 11.8 Å². The number of nitrogens with two attached hydrogens (primary N) is 1. The summed E-state index contributed by atoms with van der Waals surface area (Å²) in [5.74, 6) is 0.327. The van der Waals surface area contributed by atoms with Gasteiger partial charge in [-0.3, -0.25) is 24.8 Å². The quantitative estimate of drug-likeness (QED) is 0.618. The molecule has 3 heterocycles. The summed E-state index contributed by atoms with van der Waals surface area (Å²) in [6, 6.07) is 2.89. The number of nitro groups is 1. The third-order valence-electron chi connectivity index (χ3n) is 3.37. The van der Waals surface area contributed by atoms with Gasteiger partial charge in [0.25, 0.3) is 5.56 Å². The second-order valence-electron chi connectivity index (χ2n) is 4.83. The molecule has 9 nitrogen and oxygen atoms in total. The molecule has 110 valence electrons. The number of furan rings is 1. The van der Waals surface area contributed by atoms with Crippen molar-refractivity contribution in [2.24, 2.45) is 0 Å². The molecule has 3 N–H and O–H groups in total. The highest BCUT2D eigenvalue weighted by Gasteiger charge is 2.22. The van der Waals surface area contributed by atoms with Crippen LogP contribution in [0.1, 0.15) is 17.0 Å². The Hall–Kier alpha value is -2.68. The minimum atomic E-state index is -0.577. The molecule has 1 aliphatic heterocycles. The van der Waals surface area contributed by atoms with E-state index in [0.717, 1.165) is 0 Å². The second kappa shape index (κ2) is 5.02. The van der Waals surface area contributed by atoms with Crippen molar-refractivity contribution >= 4 is 11.8 Å². The Labute approximate surface area is 118 Å². The van der Waals surface area contributed by atoms with E-state index in [1.165, 1.54) is 6.07 Å². The highest BCUT2D eigenvalue weighted by atomic mass is 16.6. The molecule has 1 aliphatic rings. The maximum absolute atomic E-state index is 11.9. The van der Waals surface area contributed by atoms with Crippen LogP contribution in [0.25, 0.3) is 0 Å². The second-order valence-corrected chi connectivity index (χ2v) is 4.83. The van der Waals surface area contributed by atoms with E-state index >= 15 is 0 Å². The van der Waals surface area contributed by atoms with Crippen LogP contribution in [-0.4, -0.2) is 26.3 Å². The van der Waals surface area contributed by atoms with Crippen LogP contribution in [0.2, 0.25) is 0 Å². The van der Waals surface area contributed by atoms with E-state index in [9.17, 15) is 14.9 Å². The summed E-state index contributed by atoms with van der Waals surface area (Å²) in [5.41, 5.74) is 6.56. The lowest BCUT2D eigenvalue weighted by atomic mass is 10.1. The van der Waals surface area contributed by atoms with E-state index in [2.05, 4.69) is 9.97 Å². The third-order valence-corrected chi connectivity index (χ3v) is 3.37. The van der Waals surface area contributed by atoms with Gasteiger partial charge in [0.15, 0.2) is 0 Å². The lowest BCUT2D eigenvalue weighted by Crippen LogP contribution is -2.35. The predicted molar refractivity (Wildman–Crippen MR) is 72.5 cm³/mol. The Bertz CT molecular complexity index is 750. The number of nitrogen functional groups attached to an aromatic ring is 1. The number of aromatic amines is 1. The van der Waals surface area contributed by atoms with Crippen molar-refractivity contribution < 1.29 is 9.34 Å². The summed E-state index contributed by atoms with van der Waals surface area (Å²) >= 11 is 0. The van der Waals surface area contributed by atoms with E-state index in [0.29, 0.717) is 43.1 Å². The Balaban J connectivity index is 1.77. The minimum absolute atomic E-state index is 0.119. The molecule has 0 radical (unpaired) electrons. The van der Waals surface area contributed by atoms with Crippen LogP contribution in [0, 0.1) is 10.1 Å². The normalized spacial score (nSPS) is 14.9. The fourth-order valence-electron chi connectivity index (χ4n) is 2.41. The molecule has 0 amide bonds. The number of fused-ring (bicyclic) bond motifs is 1. The highest BCUT2D eigenvalue weighted by Crippen LogP contribution is 2.20.